The third-order valence-corrected chi connectivity index (χ3v) is 3.03. The van der Waals surface area contributed by atoms with Crippen molar-refractivity contribution in [3.63, 3.8) is 0 Å². The maximum Gasteiger partial charge on any atom is 0.125 e. The van der Waals surface area contributed by atoms with Gasteiger partial charge in [-0.1, -0.05) is 37.3 Å². The van der Waals surface area contributed by atoms with Gasteiger partial charge in [-0.2, -0.15) is 0 Å². The highest BCUT2D eigenvalue weighted by molar-refractivity contribution is 5.47. The Balaban J connectivity index is 2.50. The summed E-state index contributed by atoms with van der Waals surface area (Å²) in [5.41, 5.74) is 2.89. The molecule has 90 valence electrons. The lowest BCUT2D eigenvalue weighted by molar-refractivity contribution is 0.217. The molecule has 1 atom stereocenters. The fourth-order valence-corrected chi connectivity index (χ4v) is 2.13. The van der Waals surface area contributed by atoms with Gasteiger partial charge >= 0.3 is 0 Å². The molecule has 0 aliphatic carbocycles. The third kappa shape index (κ3) is 2.27. The summed E-state index contributed by atoms with van der Waals surface area (Å²) in [5.74, 6) is 0.777. The molecule has 0 amide bonds. The molecule has 2 heteroatoms. The maximum absolute atomic E-state index is 10.4. The first-order chi connectivity index (χ1) is 8.27. The number of allylic oxidation sites excluding steroid dienone is 2. The van der Waals surface area contributed by atoms with Crippen LogP contribution in [-0.4, -0.2) is 11.7 Å². The molecule has 0 radical (unpaired) electrons. The topological polar surface area (TPSA) is 29.5 Å². The van der Waals surface area contributed by atoms with Crippen LogP contribution in [0.25, 0.3) is 0 Å². The second-order valence-corrected chi connectivity index (χ2v) is 4.11. The number of benzene rings is 1. The van der Waals surface area contributed by atoms with Gasteiger partial charge < -0.3 is 9.84 Å². The fraction of sp³-hybridized carbons (Fsp3) is 0.333. The van der Waals surface area contributed by atoms with Crippen molar-refractivity contribution in [2.45, 2.75) is 26.4 Å². The molecule has 0 aromatic heterocycles. The lowest BCUT2D eigenvalue weighted by Crippen LogP contribution is -2.04. The molecule has 2 rings (SSSR count). The van der Waals surface area contributed by atoms with E-state index >= 15 is 0 Å². The molecule has 1 unspecified atom stereocenters. The summed E-state index contributed by atoms with van der Waals surface area (Å²) in [4.78, 5) is 0. The van der Waals surface area contributed by atoms with E-state index in [2.05, 4.69) is 13.0 Å². The second-order valence-electron chi connectivity index (χ2n) is 4.11. The minimum atomic E-state index is -0.583. The minimum absolute atomic E-state index is 0.524. The quantitative estimate of drug-likeness (QED) is 0.801. The highest BCUT2D eigenvalue weighted by Gasteiger charge is 2.23. The van der Waals surface area contributed by atoms with E-state index in [4.69, 9.17) is 4.74 Å². The van der Waals surface area contributed by atoms with Crippen LogP contribution < -0.4 is 4.74 Å². The summed E-state index contributed by atoms with van der Waals surface area (Å²) >= 11 is 0. The van der Waals surface area contributed by atoms with Crippen LogP contribution in [0.3, 0.4) is 0 Å². The van der Waals surface area contributed by atoms with Crippen LogP contribution in [0.4, 0.5) is 0 Å². The van der Waals surface area contributed by atoms with Gasteiger partial charge in [0.25, 0.3) is 0 Å². The average Bonchev–Trinajstić information content (AvgIpc) is 2.49. The predicted octanol–water partition coefficient (Wildman–Crippen LogP) is 3.40. The Morgan fingerprint density at radius 1 is 1.41 bits per heavy atom. The van der Waals surface area contributed by atoms with Gasteiger partial charge in [0, 0.05) is 5.56 Å². The first-order valence-electron chi connectivity index (χ1n) is 6.03. The lowest BCUT2D eigenvalue weighted by Gasteiger charge is -2.14. The van der Waals surface area contributed by atoms with E-state index < -0.39 is 6.10 Å². The molecular weight excluding hydrogens is 212 g/mol. The van der Waals surface area contributed by atoms with Crippen LogP contribution in [-0.2, 0) is 0 Å². The summed E-state index contributed by atoms with van der Waals surface area (Å²) in [6.07, 6.45) is 4.41. The van der Waals surface area contributed by atoms with Crippen molar-refractivity contribution in [2.24, 2.45) is 0 Å². The number of aliphatic hydroxyl groups excluding tert-OH is 1. The summed E-state index contributed by atoms with van der Waals surface area (Å²) in [6.45, 7) is 4.58. The zero-order valence-corrected chi connectivity index (χ0v) is 10.3. The third-order valence-electron chi connectivity index (χ3n) is 3.03. The molecule has 1 heterocycles. The molecule has 0 bridgehead atoms. The minimum Gasteiger partial charge on any atom is -0.489 e. The summed E-state index contributed by atoms with van der Waals surface area (Å²) in [5, 5.41) is 10.4. The van der Waals surface area contributed by atoms with Gasteiger partial charge in [-0.25, -0.2) is 0 Å². The van der Waals surface area contributed by atoms with Crippen LogP contribution in [0, 0.1) is 0 Å². The van der Waals surface area contributed by atoms with Crippen LogP contribution in [0.1, 0.15) is 31.9 Å². The van der Waals surface area contributed by atoms with E-state index in [0.29, 0.717) is 6.61 Å². The van der Waals surface area contributed by atoms with E-state index in [-0.39, 0.29) is 0 Å². The van der Waals surface area contributed by atoms with Crippen molar-refractivity contribution in [3.05, 3.63) is 53.1 Å². The highest BCUT2D eigenvalue weighted by Crippen LogP contribution is 2.36. The van der Waals surface area contributed by atoms with Crippen LogP contribution in [0.15, 0.2) is 47.6 Å². The van der Waals surface area contributed by atoms with Crippen LogP contribution >= 0.6 is 0 Å². The van der Waals surface area contributed by atoms with Crippen LogP contribution in [0.5, 0.6) is 5.75 Å². The lowest BCUT2D eigenvalue weighted by atomic mass is 9.95. The SMILES string of the molecule is C/C=C1/COc2ccccc2C(O)/C1=C/CC. The van der Waals surface area contributed by atoms with E-state index in [1.54, 1.807) is 0 Å². The molecule has 1 aliphatic heterocycles. The number of rotatable bonds is 1. The molecule has 2 nitrogen and oxygen atoms in total. The Morgan fingerprint density at radius 2 is 2.18 bits per heavy atom. The van der Waals surface area contributed by atoms with Crippen LogP contribution in [0.2, 0.25) is 0 Å². The average molecular weight is 230 g/mol. The number of para-hydroxylation sites is 1. The van der Waals surface area contributed by atoms with E-state index in [9.17, 15) is 5.11 Å². The zero-order chi connectivity index (χ0) is 12.3. The molecule has 0 saturated carbocycles. The Kier molecular flexibility index (Phi) is 3.64. The molecule has 1 N–H and O–H groups in total. The van der Waals surface area contributed by atoms with E-state index in [0.717, 1.165) is 28.9 Å². The van der Waals surface area contributed by atoms with Crippen molar-refractivity contribution in [2.75, 3.05) is 6.61 Å². The van der Waals surface area contributed by atoms with Gasteiger partial charge in [-0.15, -0.1) is 0 Å². The van der Waals surface area contributed by atoms with Gasteiger partial charge in [-0.3, -0.25) is 0 Å². The standard InChI is InChI=1S/C15H18O2/c1-3-7-12-11(4-2)10-17-14-9-6-5-8-13(14)15(12)16/h4-9,15-16H,3,10H2,1-2H3/b11-4-,12-7+. The summed E-state index contributed by atoms with van der Waals surface area (Å²) in [7, 11) is 0. The van der Waals surface area contributed by atoms with Crippen molar-refractivity contribution >= 4 is 0 Å². The Bertz CT molecular complexity index is 458. The van der Waals surface area contributed by atoms with E-state index in [1.807, 2.05) is 37.3 Å². The van der Waals surface area contributed by atoms with Crippen molar-refractivity contribution in [1.29, 1.82) is 0 Å². The molecule has 1 aromatic rings. The maximum atomic E-state index is 10.4. The zero-order valence-electron chi connectivity index (χ0n) is 10.3. The van der Waals surface area contributed by atoms with Crippen molar-refractivity contribution in [3.8, 4) is 5.75 Å². The molecule has 0 saturated heterocycles. The number of ether oxygens (including phenoxy) is 1. The first kappa shape index (κ1) is 11.9. The number of hydrogen-bond acceptors (Lipinski definition) is 2. The van der Waals surface area contributed by atoms with Gasteiger partial charge in [0.1, 0.15) is 18.5 Å². The first-order valence-corrected chi connectivity index (χ1v) is 6.03. The van der Waals surface area contributed by atoms with Gasteiger partial charge in [-0.05, 0) is 30.6 Å². The molecular formula is C15H18O2. The Hall–Kier alpha value is -1.54. The van der Waals surface area contributed by atoms with Crippen molar-refractivity contribution in [1.82, 2.24) is 0 Å². The molecule has 1 aliphatic rings. The largest absolute Gasteiger partial charge is 0.489 e. The predicted molar refractivity (Wildman–Crippen MR) is 69.0 cm³/mol. The second kappa shape index (κ2) is 5.19. The van der Waals surface area contributed by atoms with Gasteiger partial charge in [0.05, 0.1) is 0 Å². The molecule has 0 spiro atoms. The molecule has 17 heavy (non-hydrogen) atoms. The normalized spacial score (nSPS) is 24.3. The van der Waals surface area contributed by atoms with Crippen molar-refractivity contribution < 1.29 is 9.84 Å². The Labute approximate surface area is 102 Å². The summed E-state index contributed by atoms with van der Waals surface area (Å²) < 4.78 is 5.73. The molecule has 0 fully saturated rings. The smallest absolute Gasteiger partial charge is 0.125 e. The number of fused-ring (bicyclic) bond motifs is 1. The number of aliphatic hydroxyl groups is 1. The molecule has 1 aromatic carbocycles. The fourth-order valence-electron chi connectivity index (χ4n) is 2.13. The van der Waals surface area contributed by atoms with Gasteiger partial charge in [0.15, 0.2) is 0 Å². The highest BCUT2D eigenvalue weighted by atomic mass is 16.5. The monoisotopic (exact) mass is 230 g/mol. The summed E-state index contributed by atoms with van der Waals surface area (Å²) in [6, 6.07) is 7.67. The van der Waals surface area contributed by atoms with E-state index in [1.165, 1.54) is 0 Å². The van der Waals surface area contributed by atoms with Gasteiger partial charge in [0.2, 0.25) is 0 Å². The number of hydrogen-bond donors (Lipinski definition) is 1. The Morgan fingerprint density at radius 3 is 2.88 bits per heavy atom.